The van der Waals surface area contributed by atoms with Crippen molar-refractivity contribution in [3.8, 4) is 0 Å². The number of carbonyl (C=O) groups excluding carboxylic acids is 2. The van der Waals surface area contributed by atoms with Crippen molar-refractivity contribution in [1.29, 1.82) is 0 Å². The van der Waals surface area contributed by atoms with Crippen LogP contribution in [0.15, 0.2) is 18.6 Å². The lowest BCUT2D eigenvalue weighted by Crippen LogP contribution is -2.39. The number of anilines is 1. The first kappa shape index (κ1) is 8.80. The number of amides is 1. The molecule has 1 aromatic heterocycles. The predicted molar refractivity (Wildman–Crippen MR) is 48.6 cm³/mol. The topological polar surface area (TPSA) is 63.2 Å². The number of hydrogen-bond acceptors (Lipinski definition) is 4. The first-order chi connectivity index (χ1) is 6.77. The number of aromatic nitrogens is 2. The highest BCUT2D eigenvalue weighted by Crippen LogP contribution is 2.14. The van der Waals surface area contributed by atoms with Gasteiger partial charge in [0.15, 0.2) is 5.82 Å². The second-order valence-electron chi connectivity index (χ2n) is 3.07. The minimum atomic E-state index is -0.193. The van der Waals surface area contributed by atoms with Crippen LogP contribution in [0.5, 0.6) is 0 Å². The molecule has 5 nitrogen and oxygen atoms in total. The van der Waals surface area contributed by atoms with Gasteiger partial charge in [-0.3, -0.25) is 19.5 Å². The van der Waals surface area contributed by atoms with Crippen LogP contribution in [0.3, 0.4) is 0 Å². The van der Waals surface area contributed by atoms with Crippen LogP contribution in [0, 0.1) is 0 Å². The van der Waals surface area contributed by atoms with Gasteiger partial charge in [0.05, 0.1) is 12.6 Å². The first-order valence-corrected chi connectivity index (χ1v) is 4.35. The summed E-state index contributed by atoms with van der Waals surface area (Å²) in [7, 11) is 0. The Bertz CT molecular complexity index is 364. The Balaban J connectivity index is 2.20. The second-order valence-corrected chi connectivity index (χ2v) is 3.07. The van der Waals surface area contributed by atoms with Gasteiger partial charge >= 0.3 is 0 Å². The summed E-state index contributed by atoms with van der Waals surface area (Å²) in [6.45, 7) is 0.413. The van der Waals surface area contributed by atoms with Gasteiger partial charge in [0.1, 0.15) is 5.78 Å². The molecule has 2 heterocycles. The average Bonchev–Trinajstić information content (AvgIpc) is 2.19. The van der Waals surface area contributed by atoms with E-state index < -0.39 is 0 Å². The van der Waals surface area contributed by atoms with Crippen LogP contribution in [0.2, 0.25) is 0 Å². The minimum absolute atomic E-state index is 0.00450. The Morgan fingerprint density at radius 3 is 2.79 bits per heavy atom. The molecule has 1 saturated heterocycles. The Labute approximate surface area is 80.8 Å². The minimum Gasteiger partial charge on any atom is -0.299 e. The van der Waals surface area contributed by atoms with Crippen LogP contribution in [0.4, 0.5) is 5.82 Å². The molecule has 1 amide bonds. The van der Waals surface area contributed by atoms with Crippen molar-refractivity contribution in [3.63, 3.8) is 0 Å². The van der Waals surface area contributed by atoms with Crippen LogP contribution in [0.25, 0.3) is 0 Å². The van der Waals surface area contributed by atoms with E-state index in [1.807, 2.05) is 0 Å². The highest BCUT2D eigenvalue weighted by atomic mass is 16.2. The highest BCUT2D eigenvalue weighted by Gasteiger charge is 2.25. The molecule has 0 radical (unpaired) electrons. The van der Waals surface area contributed by atoms with Crippen LogP contribution in [-0.2, 0) is 9.59 Å². The SMILES string of the molecule is O=C1CCN(c2cnccn2)C(=O)C1. The van der Waals surface area contributed by atoms with Gasteiger partial charge in [0, 0.05) is 25.4 Å². The second kappa shape index (κ2) is 3.53. The summed E-state index contributed by atoms with van der Waals surface area (Å²) in [6.07, 6.45) is 4.98. The lowest BCUT2D eigenvalue weighted by atomic mass is 10.1. The van der Waals surface area contributed by atoms with Gasteiger partial charge in [-0.05, 0) is 0 Å². The molecule has 5 heteroatoms. The largest absolute Gasteiger partial charge is 0.299 e. The van der Waals surface area contributed by atoms with E-state index in [1.54, 1.807) is 6.20 Å². The summed E-state index contributed by atoms with van der Waals surface area (Å²) >= 11 is 0. The molecule has 0 atom stereocenters. The fourth-order valence-corrected chi connectivity index (χ4v) is 1.39. The maximum atomic E-state index is 11.4. The van der Waals surface area contributed by atoms with Crippen molar-refractivity contribution in [1.82, 2.24) is 9.97 Å². The first-order valence-electron chi connectivity index (χ1n) is 4.35. The van der Waals surface area contributed by atoms with E-state index in [4.69, 9.17) is 0 Å². The summed E-state index contributed by atoms with van der Waals surface area (Å²) in [4.78, 5) is 31.8. The Morgan fingerprint density at radius 2 is 2.14 bits per heavy atom. The molecule has 1 aromatic rings. The Morgan fingerprint density at radius 1 is 1.29 bits per heavy atom. The number of hydrogen-bond donors (Lipinski definition) is 0. The van der Waals surface area contributed by atoms with Crippen LogP contribution in [0.1, 0.15) is 12.8 Å². The predicted octanol–water partition coefficient (Wildman–Crippen LogP) is 0.172. The van der Waals surface area contributed by atoms with Crippen molar-refractivity contribution >= 4 is 17.5 Å². The van der Waals surface area contributed by atoms with Gasteiger partial charge in [0.2, 0.25) is 5.91 Å². The molecule has 0 spiro atoms. The summed E-state index contributed by atoms with van der Waals surface area (Å²) in [5.41, 5.74) is 0. The zero-order valence-corrected chi connectivity index (χ0v) is 7.51. The van der Waals surface area contributed by atoms with E-state index >= 15 is 0 Å². The fourth-order valence-electron chi connectivity index (χ4n) is 1.39. The summed E-state index contributed by atoms with van der Waals surface area (Å²) in [5, 5.41) is 0. The third-order valence-corrected chi connectivity index (χ3v) is 2.09. The molecule has 0 aromatic carbocycles. The van der Waals surface area contributed by atoms with Gasteiger partial charge in [-0.2, -0.15) is 0 Å². The molecule has 1 fully saturated rings. The standard InChI is InChI=1S/C9H9N3O2/c13-7-1-4-12(9(14)5-7)8-6-10-2-3-11-8/h2-3,6H,1,4-5H2. The quantitative estimate of drug-likeness (QED) is 0.594. The molecular formula is C9H9N3O2. The average molecular weight is 191 g/mol. The monoisotopic (exact) mass is 191 g/mol. The Kier molecular flexibility index (Phi) is 2.22. The highest BCUT2D eigenvalue weighted by molar-refractivity contribution is 6.08. The van der Waals surface area contributed by atoms with Crippen molar-refractivity contribution in [2.75, 3.05) is 11.4 Å². The molecule has 1 aliphatic rings. The van der Waals surface area contributed by atoms with Gasteiger partial charge in [0.25, 0.3) is 0 Å². The van der Waals surface area contributed by atoms with Crippen LogP contribution in [-0.4, -0.2) is 28.2 Å². The molecule has 0 aliphatic carbocycles. The molecule has 2 rings (SSSR count). The van der Waals surface area contributed by atoms with E-state index in [0.29, 0.717) is 18.8 Å². The molecule has 72 valence electrons. The molecular weight excluding hydrogens is 182 g/mol. The van der Waals surface area contributed by atoms with Crippen molar-refractivity contribution in [3.05, 3.63) is 18.6 Å². The van der Waals surface area contributed by atoms with Gasteiger partial charge in [-0.15, -0.1) is 0 Å². The van der Waals surface area contributed by atoms with E-state index in [0.717, 1.165) is 0 Å². The number of rotatable bonds is 1. The zero-order chi connectivity index (χ0) is 9.97. The van der Waals surface area contributed by atoms with E-state index in [1.165, 1.54) is 17.3 Å². The molecule has 0 saturated carbocycles. The molecule has 1 aliphatic heterocycles. The maximum absolute atomic E-state index is 11.4. The lowest BCUT2D eigenvalue weighted by Gasteiger charge is -2.24. The normalized spacial score (nSPS) is 17.3. The molecule has 0 unspecified atom stereocenters. The van der Waals surface area contributed by atoms with Gasteiger partial charge in [-0.1, -0.05) is 0 Å². The fraction of sp³-hybridized carbons (Fsp3) is 0.333. The summed E-state index contributed by atoms with van der Waals surface area (Å²) in [6, 6.07) is 0. The van der Waals surface area contributed by atoms with Crippen LogP contribution < -0.4 is 4.90 Å². The molecule has 0 N–H and O–H groups in total. The van der Waals surface area contributed by atoms with E-state index in [9.17, 15) is 9.59 Å². The number of nitrogens with zero attached hydrogens (tertiary/aromatic N) is 3. The van der Waals surface area contributed by atoms with E-state index in [2.05, 4.69) is 9.97 Å². The molecule has 0 bridgehead atoms. The number of ketones is 1. The molecule has 14 heavy (non-hydrogen) atoms. The number of carbonyl (C=O) groups is 2. The number of Topliss-reactive ketones (excluding diaryl/α,β-unsaturated/α-hetero) is 1. The number of piperidine rings is 1. The maximum Gasteiger partial charge on any atom is 0.235 e. The van der Waals surface area contributed by atoms with Gasteiger partial charge in [-0.25, -0.2) is 4.98 Å². The third-order valence-electron chi connectivity index (χ3n) is 2.09. The summed E-state index contributed by atoms with van der Waals surface area (Å²) < 4.78 is 0. The van der Waals surface area contributed by atoms with Gasteiger partial charge < -0.3 is 0 Å². The van der Waals surface area contributed by atoms with Crippen molar-refractivity contribution in [2.45, 2.75) is 12.8 Å². The Hall–Kier alpha value is -1.78. The van der Waals surface area contributed by atoms with Crippen molar-refractivity contribution in [2.24, 2.45) is 0 Å². The smallest absolute Gasteiger partial charge is 0.235 e. The van der Waals surface area contributed by atoms with E-state index in [-0.39, 0.29) is 18.1 Å². The van der Waals surface area contributed by atoms with Crippen molar-refractivity contribution < 1.29 is 9.59 Å². The summed E-state index contributed by atoms with van der Waals surface area (Å²) in [5.74, 6) is 0.321. The van der Waals surface area contributed by atoms with Crippen LogP contribution >= 0.6 is 0 Å². The lowest BCUT2D eigenvalue weighted by molar-refractivity contribution is -0.128. The zero-order valence-electron chi connectivity index (χ0n) is 7.51. The third kappa shape index (κ3) is 1.61.